The van der Waals surface area contributed by atoms with Gasteiger partial charge in [0.2, 0.25) is 0 Å². The Labute approximate surface area is 143 Å². The Morgan fingerprint density at radius 3 is 2.67 bits per heavy atom. The van der Waals surface area contributed by atoms with Gasteiger partial charge in [-0.25, -0.2) is 13.8 Å². The molecule has 1 heterocycles. The van der Waals surface area contributed by atoms with Crippen molar-refractivity contribution in [3.05, 3.63) is 53.0 Å². The molecule has 0 bridgehead atoms. The van der Waals surface area contributed by atoms with Crippen molar-refractivity contribution in [1.82, 2.24) is 4.98 Å². The molecule has 1 saturated carbocycles. The lowest BCUT2D eigenvalue weighted by Gasteiger charge is -2.20. The van der Waals surface area contributed by atoms with Crippen molar-refractivity contribution in [3.8, 4) is 0 Å². The van der Waals surface area contributed by atoms with Crippen molar-refractivity contribution in [2.24, 2.45) is 5.92 Å². The van der Waals surface area contributed by atoms with Gasteiger partial charge >= 0.3 is 0 Å². The molecule has 0 unspecified atom stereocenters. The lowest BCUT2D eigenvalue weighted by Crippen LogP contribution is -2.15. The Morgan fingerprint density at radius 2 is 2.00 bits per heavy atom. The molecule has 1 aromatic carbocycles. The maximum absolute atomic E-state index is 13.6. The van der Waals surface area contributed by atoms with Crippen LogP contribution in [0.4, 0.5) is 13.9 Å². The summed E-state index contributed by atoms with van der Waals surface area (Å²) in [7, 11) is 0. The van der Waals surface area contributed by atoms with E-state index in [0.717, 1.165) is 37.8 Å². The summed E-state index contributed by atoms with van der Waals surface area (Å²) in [5.74, 6) is -1.94. The van der Waals surface area contributed by atoms with Gasteiger partial charge in [-0.15, -0.1) is 11.3 Å². The van der Waals surface area contributed by atoms with E-state index in [1.54, 1.807) is 11.6 Å². The summed E-state index contributed by atoms with van der Waals surface area (Å²) in [6, 6.07) is 3.57. The van der Waals surface area contributed by atoms with Gasteiger partial charge in [-0.05, 0) is 36.5 Å². The molecule has 0 atom stereocenters. The molecule has 1 aliphatic carbocycles. The van der Waals surface area contributed by atoms with Crippen LogP contribution in [-0.2, 0) is 4.79 Å². The number of halogens is 2. The van der Waals surface area contributed by atoms with Crippen LogP contribution in [0, 0.1) is 17.6 Å². The minimum Gasteiger partial charge on any atom is -0.298 e. The Hall–Kier alpha value is -2.08. The second kappa shape index (κ2) is 7.66. The normalized spacial score (nSPS) is 16.2. The third-order valence-corrected chi connectivity index (χ3v) is 4.87. The highest BCUT2D eigenvalue weighted by atomic mass is 32.1. The van der Waals surface area contributed by atoms with Crippen LogP contribution in [-0.4, -0.2) is 10.9 Å². The number of anilines is 1. The monoisotopic (exact) mass is 348 g/mol. The largest absolute Gasteiger partial charge is 0.298 e. The van der Waals surface area contributed by atoms with E-state index >= 15 is 0 Å². The summed E-state index contributed by atoms with van der Waals surface area (Å²) in [6.07, 6.45) is 8.98. The number of amides is 1. The number of benzene rings is 1. The van der Waals surface area contributed by atoms with E-state index in [0.29, 0.717) is 16.3 Å². The first kappa shape index (κ1) is 16.8. The number of nitrogens with zero attached hydrogens (tertiary/aromatic N) is 1. The zero-order chi connectivity index (χ0) is 16.9. The van der Waals surface area contributed by atoms with Crippen molar-refractivity contribution in [3.63, 3.8) is 0 Å². The summed E-state index contributed by atoms with van der Waals surface area (Å²) in [5.41, 5.74) is 0.754. The van der Waals surface area contributed by atoms with Crippen LogP contribution < -0.4 is 5.32 Å². The highest BCUT2D eigenvalue weighted by molar-refractivity contribution is 7.13. The predicted molar refractivity (Wildman–Crippen MR) is 91.7 cm³/mol. The highest BCUT2D eigenvalue weighted by Crippen LogP contribution is 2.29. The quantitative estimate of drug-likeness (QED) is 0.788. The molecule has 126 valence electrons. The minimum absolute atomic E-state index is 0.281. The fourth-order valence-electron chi connectivity index (χ4n) is 2.95. The lowest BCUT2D eigenvalue weighted by atomic mass is 9.86. The van der Waals surface area contributed by atoms with Gasteiger partial charge in [-0.3, -0.25) is 10.1 Å². The van der Waals surface area contributed by atoms with Gasteiger partial charge in [0.05, 0.1) is 0 Å². The molecule has 0 saturated heterocycles. The van der Waals surface area contributed by atoms with Gasteiger partial charge in [0.25, 0.3) is 5.91 Å². The van der Waals surface area contributed by atoms with E-state index in [1.807, 2.05) is 6.08 Å². The minimum atomic E-state index is -0.955. The Balaban J connectivity index is 1.91. The molecule has 0 aliphatic heterocycles. The van der Waals surface area contributed by atoms with Crippen LogP contribution in [0.25, 0.3) is 5.57 Å². The first-order chi connectivity index (χ1) is 11.6. The van der Waals surface area contributed by atoms with Crippen LogP contribution in [0.2, 0.25) is 0 Å². The molecule has 1 fully saturated rings. The van der Waals surface area contributed by atoms with Crippen LogP contribution >= 0.6 is 11.3 Å². The summed E-state index contributed by atoms with van der Waals surface area (Å²) >= 11 is 1.31. The van der Waals surface area contributed by atoms with Gasteiger partial charge in [0.1, 0.15) is 0 Å². The maximum atomic E-state index is 13.6. The van der Waals surface area contributed by atoms with Gasteiger partial charge < -0.3 is 0 Å². The Morgan fingerprint density at radius 1 is 1.21 bits per heavy atom. The third-order valence-electron chi connectivity index (χ3n) is 4.18. The topological polar surface area (TPSA) is 42.0 Å². The van der Waals surface area contributed by atoms with Gasteiger partial charge in [0.15, 0.2) is 16.8 Å². The third kappa shape index (κ3) is 4.06. The van der Waals surface area contributed by atoms with Crippen LogP contribution in [0.3, 0.4) is 0 Å². The fraction of sp³-hybridized carbons (Fsp3) is 0.333. The number of carbonyl (C=O) groups excluding carboxylic acids is 1. The van der Waals surface area contributed by atoms with E-state index in [1.165, 1.54) is 23.8 Å². The molecular formula is C18H18F2N2OS. The van der Waals surface area contributed by atoms with E-state index < -0.39 is 11.6 Å². The van der Waals surface area contributed by atoms with E-state index in [9.17, 15) is 13.6 Å². The number of hydrogen-bond donors (Lipinski definition) is 1. The number of thiazole rings is 1. The van der Waals surface area contributed by atoms with Gasteiger partial charge in [0, 0.05) is 17.2 Å². The molecule has 3 rings (SSSR count). The zero-order valence-electron chi connectivity index (χ0n) is 13.1. The van der Waals surface area contributed by atoms with Gasteiger partial charge in [-0.2, -0.15) is 0 Å². The number of allylic oxidation sites excluding steroid dienone is 1. The van der Waals surface area contributed by atoms with Crippen molar-refractivity contribution < 1.29 is 13.6 Å². The molecule has 3 nitrogen and oxygen atoms in total. The fourth-order valence-corrected chi connectivity index (χ4v) is 3.48. The standard InChI is InChI=1S/C18H18F2N2OS/c19-15-7-6-13(11-16(15)20)14(10-12-4-2-1-3-5-12)17(23)22-18-21-8-9-24-18/h6-12H,1-5H2,(H,21,22,23). The molecule has 24 heavy (non-hydrogen) atoms. The summed E-state index contributed by atoms with van der Waals surface area (Å²) < 4.78 is 26.8. The van der Waals surface area contributed by atoms with Crippen LogP contribution in [0.15, 0.2) is 35.9 Å². The molecule has 6 heteroatoms. The second-order valence-electron chi connectivity index (χ2n) is 5.90. The van der Waals surface area contributed by atoms with Crippen molar-refractivity contribution >= 4 is 27.9 Å². The Bertz CT molecular complexity index is 737. The molecule has 1 amide bonds. The molecule has 0 spiro atoms. The first-order valence-electron chi connectivity index (χ1n) is 8.01. The van der Waals surface area contributed by atoms with Crippen molar-refractivity contribution in [1.29, 1.82) is 0 Å². The van der Waals surface area contributed by atoms with Crippen molar-refractivity contribution in [2.45, 2.75) is 32.1 Å². The number of rotatable bonds is 4. The van der Waals surface area contributed by atoms with Gasteiger partial charge in [-0.1, -0.05) is 31.4 Å². The number of nitrogens with one attached hydrogen (secondary N) is 1. The average Bonchev–Trinajstić information content (AvgIpc) is 3.09. The number of hydrogen-bond acceptors (Lipinski definition) is 3. The summed E-state index contributed by atoms with van der Waals surface area (Å²) in [5, 5.41) is 4.97. The zero-order valence-corrected chi connectivity index (χ0v) is 13.9. The number of carbonyl (C=O) groups is 1. The molecule has 2 aromatic rings. The predicted octanol–water partition coefficient (Wildman–Crippen LogP) is 5.02. The lowest BCUT2D eigenvalue weighted by molar-refractivity contribution is -0.111. The number of aromatic nitrogens is 1. The molecule has 1 N–H and O–H groups in total. The molecule has 1 aliphatic rings. The molecule has 1 aromatic heterocycles. The van der Waals surface area contributed by atoms with E-state index in [-0.39, 0.29) is 11.8 Å². The molecule has 0 radical (unpaired) electrons. The Kier molecular flexibility index (Phi) is 5.35. The van der Waals surface area contributed by atoms with E-state index in [2.05, 4.69) is 10.3 Å². The summed E-state index contributed by atoms with van der Waals surface area (Å²) in [4.78, 5) is 16.7. The molecular weight excluding hydrogens is 330 g/mol. The first-order valence-corrected chi connectivity index (χ1v) is 8.89. The summed E-state index contributed by atoms with van der Waals surface area (Å²) in [6.45, 7) is 0. The average molecular weight is 348 g/mol. The van der Waals surface area contributed by atoms with Crippen LogP contribution in [0.5, 0.6) is 0 Å². The van der Waals surface area contributed by atoms with Crippen LogP contribution in [0.1, 0.15) is 37.7 Å². The smallest absolute Gasteiger partial charge is 0.257 e. The van der Waals surface area contributed by atoms with Crippen molar-refractivity contribution in [2.75, 3.05) is 5.32 Å². The second-order valence-corrected chi connectivity index (χ2v) is 6.79. The maximum Gasteiger partial charge on any atom is 0.257 e. The highest BCUT2D eigenvalue weighted by Gasteiger charge is 2.19. The van der Waals surface area contributed by atoms with E-state index in [4.69, 9.17) is 0 Å². The SMILES string of the molecule is O=C(Nc1nccs1)C(=CC1CCCCC1)c1ccc(F)c(F)c1.